The number of carbonyl (C=O) groups is 3. The van der Waals surface area contributed by atoms with Crippen molar-refractivity contribution in [2.24, 2.45) is 11.8 Å². The van der Waals surface area contributed by atoms with Gasteiger partial charge in [-0.05, 0) is 50.5 Å². The zero-order valence-electron chi connectivity index (χ0n) is 18.9. The summed E-state index contributed by atoms with van der Waals surface area (Å²) in [6.45, 7) is 5.05. The largest absolute Gasteiger partial charge is 0.481 e. The molecule has 0 heterocycles. The summed E-state index contributed by atoms with van der Waals surface area (Å²) in [5.41, 5.74) is 0. The molecule has 0 saturated heterocycles. The average Bonchev–Trinajstić information content (AvgIpc) is 3.02. The van der Waals surface area contributed by atoms with E-state index in [-0.39, 0.29) is 36.5 Å². The van der Waals surface area contributed by atoms with E-state index in [4.69, 9.17) is 14.6 Å². The number of aliphatic carboxylic acids is 1. The minimum Gasteiger partial charge on any atom is -0.481 e. The van der Waals surface area contributed by atoms with Crippen LogP contribution in [-0.2, 0) is 23.9 Å². The molecule has 6 nitrogen and oxygen atoms in total. The summed E-state index contributed by atoms with van der Waals surface area (Å²) in [5.74, 6) is -0.681. The van der Waals surface area contributed by atoms with Crippen LogP contribution in [0.1, 0.15) is 97.8 Å². The minimum absolute atomic E-state index is 0.0663. The summed E-state index contributed by atoms with van der Waals surface area (Å²) in [7, 11) is 0. The highest BCUT2D eigenvalue weighted by Gasteiger charge is 2.36. The Morgan fingerprint density at radius 1 is 1.00 bits per heavy atom. The third-order valence-electron chi connectivity index (χ3n) is 5.79. The lowest BCUT2D eigenvalue weighted by Crippen LogP contribution is -2.24. The number of esters is 2. The predicted octanol–water partition coefficient (Wildman–Crippen LogP) is 5.44. The van der Waals surface area contributed by atoms with E-state index in [0.29, 0.717) is 12.3 Å². The number of allylic oxidation sites excluding steroid dienone is 1. The molecule has 0 spiro atoms. The molecule has 1 rings (SSSR count). The molecule has 0 aromatic heterocycles. The van der Waals surface area contributed by atoms with Crippen LogP contribution >= 0.6 is 0 Å². The van der Waals surface area contributed by atoms with Crippen LogP contribution in [0.15, 0.2) is 12.2 Å². The van der Waals surface area contributed by atoms with E-state index in [1.54, 1.807) is 0 Å². The van der Waals surface area contributed by atoms with Gasteiger partial charge in [-0.1, -0.05) is 45.1 Å². The fourth-order valence-corrected chi connectivity index (χ4v) is 4.34. The SMILES string of the molecule is CCCCCC(/C=C/C1CCC(OC(C)=O)C1CCCCCCC(=O)O)OC(C)=O. The zero-order valence-corrected chi connectivity index (χ0v) is 18.9. The van der Waals surface area contributed by atoms with Crippen molar-refractivity contribution >= 4 is 17.9 Å². The quantitative estimate of drug-likeness (QED) is 0.214. The number of ether oxygens (including phenoxy) is 2. The van der Waals surface area contributed by atoms with Crippen LogP contribution in [0.2, 0.25) is 0 Å². The van der Waals surface area contributed by atoms with Crippen LogP contribution in [-0.4, -0.2) is 35.2 Å². The van der Waals surface area contributed by atoms with Gasteiger partial charge in [0.05, 0.1) is 0 Å². The van der Waals surface area contributed by atoms with Gasteiger partial charge in [-0.2, -0.15) is 0 Å². The Labute approximate surface area is 181 Å². The number of hydrogen-bond acceptors (Lipinski definition) is 5. The molecule has 0 radical (unpaired) electrons. The first-order valence-corrected chi connectivity index (χ1v) is 11.6. The van der Waals surface area contributed by atoms with Crippen molar-refractivity contribution in [2.75, 3.05) is 0 Å². The van der Waals surface area contributed by atoms with Gasteiger partial charge in [0.15, 0.2) is 0 Å². The van der Waals surface area contributed by atoms with Gasteiger partial charge in [0, 0.05) is 26.2 Å². The molecule has 0 aromatic carbocycles. The number of carboxylic acids is 1. The number of hydrogen-bond donors (Lipinski definition) is 1. The van der Waals surface area contributed by atoms with E-state index in [1.807, 2.05) is 6.08 Å². The zero-order chi connectivity index (χ0) is 22.4. The summed E-state index contributed by atoms with van der Waals surface area (Å²) in [5, 5.41) is 8.74. The van der Waals surface area contributed by atoms with E-state index in [9.17, 15) is 14.4 Å². The van der Waals surface area contributed by atoms with E-state index >= 15 is 0 Å². The molecule has 172 valence electrons. The van der Waals surface area contributed by atoms with Crippen molar-refractivity contribution < 1.29 is 29.0 Å². The lowest BCUT2D eigenvalue weighted by atomic mass is 9.88. The molecule has 0 aromatic rings. The van der Waals surface area contributed by atoms with E-state index < -0.39 is 5.97 Å². The first-order chi connectivity index (χ1) is 14.3. The lowest BCUT2D eigenvalue weighted by Gasteiger charge is -2.23. The average molecular weight is 425 g/mol. The van der Waals surface area contributed by atoms with Crippen molar-refractivity contribution in [2.45, 2.75) is 110 Å². The Morgan fingerprint density at radius 2 is 1.73 bits per heavy atom. The predicted molar refractivity (Wildman–Crippen MR) is 116 cm³/mol. The molecule has 1 N–H and O–H groups in total. The maximum absolute atomic E-state index is 11.5. The van der Waals surface area contributed by atoms with Crippen molar-refractivity contribution in [1.29, 1.82) is 0 Å². The second-order valence-corrected chi connectivity index (χ2v) is 8.43. The van der Waals surface area contributed by atoms with Crippen LogP contribution in [0, 0.1) is 11.8 Å². The normalized spacial score (nSPS) is 22.2. The molecule has 4 atom stereocenters. The maximum Gasteiger partial charge on any atom is 0.303 e. The van der Waals surface area contributed by atoms with Gasteiger partial charge in [-0.25, -0.2) is 0 Å². The van der Waals surface area contributed by atoms with E-state index in [2.05, 4.69) is 13.0 Å². The van der Waals surface area contributed by atoms with Gasteiger partial charge in [-0.3, -0.25) is 14.4 Å². The molecular weight excluding hydrogens is 384 g/mol. The topological polar surface area (TPSA) is 89.9 Å². The molecular formula is C24H40O6. The lowest BCUT2D eigenvalue weighted by molar-refractivity contribution is -0.148. The van der Waals surface area contributed by atoms with Gasteiger partial charge in [0.2, 0.25) is 0 Å². The van der Waals surface area contributed by atoms with Crippen LogP contribution in [0.25, 0.3) is 0 Å². The highest BCUT2D eigenvalue weighted by atomic mass is 16.5. The van der Waals surface area contributed by atoms with Crippen LogP contribution in [0.5, 0.6) is 0 Å². The smallest absolute Gasteiger partial charge is 0.303 e. The third kappa shape index (κ3) is 11.4. The Balaban J connectivity index is 2.65. The van der Waals surface area contributed by atoms with Gasteiger partial charge in [0.1, 0.15) is 12.2 Å². The molecule has 1 aliphatic carbocycles. The Bertz CT molecular complexity index is 556. The first-order valence-electron chi connectivity index (χ1n) is 11.6. The number of carboxylic acid groups (broad SMARTS) is 1. The summed E-state index contributed by atoms with van der Waals surface area (Å²) in [4.78, 5) is 33.6. The number of carbonyl (C=O) groups excluding carboxylic acids is 2. The summed E-state index contributed by atoms with van der Waals surface area (Å²) in [6.07, 6.45) is 14.6. The molecule has 30 heavy (non-hydrogen) atoms. The maximum atomic E-state index is 11.5. The summed E-state index contributed by atoms with van der Waals surface area (Å²) < 4.78 is 11.0. The molecule has 1 saturated carbocycles. The molecule has 0 amide bonds. The Kier molecular flexibility index (Phi) is 13.1. The van der Waals surface area contributed by atoms with Gasteiger partial charge in [-0.15, -0.1) is 0 Å². The van der Waals surface area contributed by atoms with Gasteiger partial charge < -0.3 is 14.6 Å². The Hall–Kier alpha value is -1.85. The van der Waals surface area contributed by atoms with Crippen LogP contribution in [0.4, 0.5) is 0 Å². The van der Waals surface area contributed by atoms with Crippen molar-refractivity contribution in [3.8, 4) is 0 Å². The first kappa shape index (κ1) is 26.2. The van der Waals surface area contributed by atoms with Gasteiger partial charge >= 0.3 is 17.9 Å². The molecule has 6 heteroatoms. The van der Waals surface area contributed by atoms with E-state index in [0.717, 1.165) is 64.2 Å². The van der Waals surface area contributed by atoms with E-state index in [1.165, 1.54) is 13.8 Å². The highest BCUT2D eigenvalue weighted by Crippen LogP contribution is 2.39. The van der Waals surface area contributed by atoms with Gasteiger partial charge in [0.25, 0.3) is 0 Å². The minimum atomic E-state index is -0.743. The molecule has 4 unspecified atom stereocenters. The number of unbranched alkanes of at least 4 members (excludes halogenated alkanes) is 5. The molecule has 1 aliphatic rings. The number of rotatable bonds is 15. The molecule has 0 bridgehead atoms. The molecule has 0 aliphatic heterocycles. The molecule has 1 fully saturated rings. The highest BCUT2D eigenvalue weighted by molar-refractivity contribution is 5.67. The summed E-state index contributed by atoms with van der Waals surface area (Å²) in [6, 6.07) is 0. The van der Waals surface area contributed by atoms with Crippen LogP contribution < -0.4 is 0 Å². The van der Waals surface area contributed by atoms with Crippen molar-refractivity contribution in [1.82, 2.24) is 0 Å². The summed E-state index contributed by atoms with van der Waals surface area (Å²) >= 11 is 0. The second kappa shape index (κ2) is 15.0. The fourth-order valence-electron chi connectivity index (χ4n) is 4.34. The monoisotopic (exact) mass is 424 g/mol. The standard InChI is InChI=1S/C24H40O6/c1-4-5-8-11-21(29-18(2)25)16-14-20-15-17-23(30-19(3)26)22(20)12-9-6-7-10-13-24(27)28/h14,16,20-23H,4-13,15,17H2,1-3H3,(H,27,28)/b16-14+. The van der Waals surface area contributed by atoms with Crippen molar-refractivity contribution in [3.63, 3.8) is 0 Å². The van der Waals surface area contributed by atoms with Crippen molar-refractivity contribution in [3.05, 3.63) is 12.2 Å². The third-order valence-corrected chi connectivity index (χ3v) is 5.79. The second-order valence-electron chi connectivity index (χ2n) is 8.43. The Morgan fingerprint density at radius 3 is 2.37 bits per heavy atom. The van der Waals surface area contributed by atoms with Crippen LogP contribution in [0.3, 0.4) is 0 Å². The fraction of sp³-hybridized carbons (Fsp3) is 0.792.